The molecule has 0 saturated heterocycles. The van der Waals surface area contributed by atoms with Gasteiger partial charge < -0.3 is 10.6 Å². The number of hydrogen-bond donors (Lipinski definition) is 1. The van der Waals surface area contributed by atoms with E-state index in [1.54, 1.807) is 17.2 Å². The van der Waals surface area contributed by atoms with Crippen molar-refractivity contribution >= 4 is 28.8 Å². The Morgan fingerprint density at radius 3 is 2.56 bits per heavy atom. The molecule has 0 aliphatic rings. The van der Waals surface area contributed by atoms with Gasteiger partial charge in [-0.2, -0.15) is 0 Å². The third-order valence-corrected chi connectivity index (χ3v) is 4.23. The van der Waals surface area contributed by atoms with Gasteiger partial charge >= 0.3 is 0 Å². The average molecular weight is 359 g/mol. The molecule has 3 aromatic rings. The maximum atomic E-state index is 12.7. The van der Waals surface area contributed by atoms with Crippen LogP contribution in [0.4, 0.5) is 0 Å². The maximum Gasteiger partial charge on any atom is 0.246 e. The molecule has 0 saturated carbocycles. The first-order chi connectivity index (χ1) is 13.1. The molecule has 136 valence electrons. The zero-order valence-corrected chi connectivity index (χ0v) is 14.9. The molecule has 1 aromatic heterocycles. The summed E-state index contributed by atoms with van der Waals surface area (Å²) in [6, 6.07) is 19.4. The number of nitrogens with zero attached hydrogens (tertiary/aromatic N) is 2. The minimum atomic E-state index is -0.428. The molecule has 0 unspecified atom stereocenters. The number of carbonyl (C=O) groups is 2. The van der Waals surface area contributed by atoms with E-state index in [1.165, 1.54) is 6.08 Å². The molecule has 5 heteroatoms. The molecule has 0 aliphatic carbocycles. The van der Waals surface area contributed by atoms with E-state index < -0.39 is 5.91 Å². The predicted octanol–water partition coefficient (Wildman–Crippen LogP) is 3.15. The second kappa shape index (κ2) is 8.76. The smallest absolute Gasteiger partial charge is 0.246 e. The largest absolute Gasteiger partial charge is 0.370 e. The number of primary amides is 1. The average Bonchev–Trinajstić information content (AvgIpc) is 2.70. The number of pyridine rings is 1. The van der Waals surface area contributed by atoms with Gasteiger partial charge in [-0.3, -0.25) is 14.6 Å². The Kier molecular flexibility index (Phi) is 5.94. The summed E-state index contributed by atoms with van der Waals surface area (Å²) in [4.78, 5) is 29.9. The molecule has 27 heavy (non-hydrogen) atoms. The summed E-state index contributed by atoms with van der Waals surface area (Å²) in [5.41, 5.74) is 7.97. The van der Waals surface area contributed by atoms with E-state index in [0.29, 0.717) is 6.54 Å². The standard InChI is InChI=1S/C22H21N3O2/c23-20(26)13-15-25(16-17-6-2-1-3-7-17)21(27)12-11-19-9-4-8-18-10-5-14-24-22(18)19/h1-12,14H,13,15-16H2,(H2,23,26)/b12-11+. The van der Waals surface area contributed by atoms with Crippen molar-refractivity contribution in [1.82, 2.24) is 9.88 Å². The summed E-state index contributed by atoms with van der Waals surface area (Å²) in [5, 5.41) is 1.02. The van der Waals surface area contributed by atoms with Crippen molar-refractivity contribution in [3.05, 3.63) is 84.1 Å². The van der Waals surface area contributed by atoms with E-state index in [1.807, 2.05) is 60.7 Å². The molecule has 0 fully saturated rings. The molecule has 0 spiro atoms. The molecule has 0 bridgehead atoms. The Hall–Kier alpha value is -3.47. The number of rotatable bonds is 7. The highest BCUT2D eigenvalue weighted by Gasteiger charge is 2.12. The maximum absolute atomic E-state index is 12.7. The molecule has 0 atom stereocenters. The van der Waals surface area contributed by atoms with Crippen molar-refractivity contribution in [1.29, 1.82) is 0 Å². The highest BCUT2D eigenvalue weighted by atomic mass is 16.2. The summed E-state index contributed by atoms with van der Waals surface area (Å²) in [5.74, 6) is -0.601. The summed E-state index contributed by atoms with van der Waals surface area (Å²) in [6.07, 6.45) is 5.14. The Balaban J connectivity index is 1.80. The molecule has 5 nitrogen and oxygen atoms in total. The van der Waals surface area contributed by atoms with Gasteiger partial charge in [0.25, 0.3) is 0 Å². The number of nitrogens with two attached hydrogens (primary N) is 1. The normalized spacial score (nSPS) is 11.0. The van der Waals surface area contributed by atoms with Crippen LogP contribution in [0.15, 0.2) is 72.9 Å². The van der Waals surface area contributed by atoms with Crippen molar-refractivity contribution in [2.24, 2.45) is 5.73 Å². The van der Waals surface area contributed by atoms with E-state index in [4.69, 9.17) is 5.73 Å². The van der Waals surface area contributed by atoms with Crippen LogP contribution < -0.4 is 5.73 Å². The number of hydrogen-bond acceptors (Lipinski definition) is 3. The Labute approximate surface area is 158 Å². The van der Waals surface area contributed by atoms with Gasteiger partial charge in [0.15, 0.2) is 0 Å². The van der Waals surface area contributed by atoms with Gasteiger partial charge in [0.05, 0.1) is 5.52 Å². The van der Waals surface area contributed by atoms with Gasteiger partial charge in [-0.05, 0) is 17.7 Å². The Morgan fingerprint density at radius 2 is 1.78 bits per heavy atom. The van der Waals surface area contributed by atoms with Crippen LogP contribution in [-0.4, -0.2) is 28.2 Å². The summed E-state index contributed by atoms with van der Waals surface area (Å²) in [7, 11) is 0. The summed E-state index contributed by atoms with van der Waals surface area (Å²) in [6.45, 7) is 0.701. The van der Waals surface area contributed by atoms with Crippen LogP contribution in [0, 0.1) is 0 Å². The molecular formula is C22H21N3O2. The van der Waals surface area contributed by atoms with Crippen LogP contribution in [0.2, 0.25) is 0 Å². The Morgan fingerprint density at radius 1 is 1.00 bits per heavy atom. The SMILES string of the molecule is NC(=O)CCN(Cc1ccccc1)C(=O)/C=C/c1cccc2cccnc12. The zero-order valence-electron chi connectivity index (χ0n) is 14.9. The number of carbonyl (C=O) groups excluding carboxylic acids is 2. The first-order valence-corrected chi connectivity index (χ1v) is 8.76. The van der Waals surface area contributed by atoms with Crippen LogP contribution in [0.1, 0.15) is 17.5 Å². The molecule has 2 N–H and O–H groups in total. The molecule has 3 rings (SSSR count). The highest BCUT2D eigenvalue weighted by Crippen LogP contribution is 2.17. The number of amides is 2. The first kappa shape index (κ1) is 18.3. The minimum Gasteiger partial charge on any atom is -0.370 e. The van der Waals surface area contributed by atoms with Crippen molar-refractivity contribution in [2.75, 3.05) is 6.54 Å². The lowest BCUT2D eigenvalue weighted by molar-refractivity contribution is -0.127. The zero-order chi connectivity index (χ0) is 19.1. The topological polar surface area (TPSA) is 76.3 Å². The molecule has 2 amide bonds. The van der Waals surface area contributed by atoms with E-state index in [9.17, 15) is 9.59 Å². The minimum absolute atomic E-state index is 0.127. The number of benzene rings is 2. The van der Waals surface area contributed by atoms with Crippen LogP contribution in [-0.2, 0) is 16.1 Å². The van der Waals surface area contributed by atoms with E-state index >= 15 is 0 Å². The molecule has 2 aromatic carbocycles. The van der Waals surface area contributed by atoms with Crippen molar-refractivity contribution < 1.29 is 9.59 Å². The predicted molar refractivity (Wildman–Crippen MR) is 106 cm³/mol. The fourth-order valence-electron chi connectivity index (χ4n) is 2.84. The first-order valence-electron chi connectivity index (χ1n) is 8.76. The van der Waals surface area contributed by atoms with Crippen LogP contribution in [0.3, 0.4) is 0 Å². The van der Waals surface area contributed by atoms with Crippen molar-refractivity contribution in [3.8, 4) is 0 Å². The highest BCUT2D eigenvalue weighted by molar-refractivity contribution is 5.95. The van der Waals surface area contributed by atoms with Gasteiger partial charge in [-0.15, -0.1) is 0 Å². The van der Waals surface area contributed by atoms with Crippen LogP contribution >= 0.6 is 0 Å². The second-order valence-electron chi connectivity index (χ2n) is 6.22. The van der Waals surface area contributed by atoms with Crippen molar-refractivity contribution in [2.45, 2.75) is 13.0 Å². The lowest BCUT2D eigenvalue weighted by atomic mass is 10.1. The molecular weight excluding hydrogens is 338 g/mol. The lowest BCUT2D eigenvalue weighted by Gasteiger charge is -2.20. The second-order valence-corrected chi connectivity index (χ2v) is 6.22. The van der Waals surface area contributed by atoms with Gasteiger partial charge in [0.1, 0.15) is 0 Å². The van der Waals surface area contributed by atoms with Crippen LogP contribution in [0.5, 0.6) is 0 Å². The third kappa shape index (κ3) is 5.01. The van der Waals surface area contributed by atoms with Gasteiger partial charge in [-0.1, -0.05) is 54.6 Å². The molecule has 0 radical (unpaired) electrons. The number of aromatic nitrogens is 1. The fraction of sp³-hybridized carbons (Fsp3) is 0.136. The molecule has 1 heterocycles. The quantitative estimate of drug-likeness (QED) is 0.658. The van der Waals surface area contributed by atoms with Crippen LogP contribution in [0.25, 0.3) is 17.0 Å². The fourth-order valence-corrected chi connectivity index (χ4v) is 2.84. The summed E-state index contributed by atoms with van der Waals surface area (Å²) < 4.78 is 0. The number of fused-ring (bicyclic) bond motifs is 1. The number of para-hydroxylation sites is 1. The van der Waals surface area contributed by atoms with E-state index in [0.717, 1.165) is 22.0 Å². The monoisotopic (exact) mass is 359 g/mol. The van der Waals surface area contributed by atoms with Crippen molar-refractivity contribution in [3.63, 3.8) is 0 Å². The van der Waals surface area contributed by atoms with Gasteiger partial charge in [0.2, 0.25) is 11.8 Å². The van der Waals surface area contributed by atoms with E-state index in [-0.39, 0.29) is 18.9 Å². The third-order valence-electron chi connectivity index (χ3n) is 4.23. The van der Waals surface area contributed by atoms with Gasteiger partial charge in [-0.25, -0.2) is 0 Å². The lowest BCUT2D eigenvalue weighted by Crippen LogP contribution is -2.32. The Bertz CT molecular complexity index is 962. The molecule has 0 aliphatic heterocycles. The summed E-state index contributed by atoms with van der Waals surface area (Å²) >= 11 is 0. The van der Waals surface area contributed by atoms with E-state index in [2.05, 4.69) is 4.98 Å². The van der Waals surface area contributed by atoms with Gasteiger partial charge in [0, 0.05) is 42.7 Å².